The van der Waals surface area contributed by atoms with Gasteiger partial charge < -0.3 is 19.1 Å². The summed E-state index contributed by atoms with van der Waals surface area (Å²) in [6.45, 7) is 2.68. The molecule has 3 aromatic carbocycles. The maximum atomic E-state index is 13.8. The Bertz CT molecular complexity index is 1310. The van der Waals surface area contributed by atoms with E-state index in [-0.39, 0.29) is 12.3 Å². The predicted octanol–water partition coefficient (Wildman–Crippen LogP) is 5.62. The van der Waals surface area contributed by atoms with E-state index in [4.69, 9.17) is 14.2 Å². The maximum Gasteiger partial charge on any atom is 0.325 e. The number of ether oxygens (including phenoxy) is 3. The number of halogens is 1. The van der Waals surface area contributed by atoms with Gasteiger partial charge in [-0.2, -0.15) is 0 Å². The minimum absolute atomic E-state index is 0.171. The Hall–Kier alpha value is -3.32. The van der Waals surface area contributed by atoms with Crippen molar-refractivity contribution >= 4 is 33.6 Å². The summed E-state index contributed by atoms with van der Waals surface area (Å²) in [5, 5.41) is 0. The summed E-state index contributed by atoms with van der Waals surface area (Å²) in [5.41, 5.74) is 2.02. The van der Waals surface area contributed by atoms with Crippen molar-refractivity contribution in [1.82, 2.24) is 0 Å². The maximum absolute atomic E-state index is 13.8. The van der Waals surface area contributed by atoms with Gasteiger partial charge in [-0.1, -0.05) is 61.5 Å². The van der Waals surface area contributed by atoms with Crippen LogP contribution in [0.3, 0.4) is 0 Å². The number of para-hydroxylation sites is 1. The van der Waals surface area contributed by atoms with Crippen molar-refractivity contribution in [1.29, 1.82) is 0 Å². The van der Waals surface area contributed by atoms with Gasteiger partial charge in [-0.3, -0.25) is 9.59 Å². The predicted molar refractivity (Wildman–Crippen MR) is 145 cm³/mol. The van der Waals surface area contributed by atoms with Crippen LogP contribution in [-0.4, -0.2) is 39.3 Å². The molecule has 1 aliphatic heterocycles. The van der Waals surface area contributed by atoms with Crippen molar-refractivity contribution in [3.05, 3.63) is 94.0 Å². The third-order valence-corrected chi connectivity index (χ3v) is 8.90. The lowest BCUT2D eigenvalue weighted by Crippen LogP contribution is -2.57. The molecule has 3 atom stereocenters. The number of benzene rings is 3. The summed E-state index contributed by atoms with van der Waals surface area (Å²) in [7, 11) is 4.31. The molecule has 1 saturated carbocycles. The van der Waals surface area contributed by atoms with E-state index in [1.165, 1.54) is 14.2 Å². The van der Waals surface area contributed by atoms with Crippen LogP contribution in [0.15, 0.2) is 77.3 Å². The highest BCUT2D eigenvalue weighted by molar-refractivity contribution is 9.10. The summed E-state index contributed by atoms with van der Waals surface area (Å²) in [6, 6.07) is 23.5. The van der Waals surface area contributed by atoms with E-state index in [1.807, 2.05) is 54.6 Å². The molecule has 1 aliphatic carbocycles. The van der Waals surface area contributed by atoms with E-state index >= 15 is 0 Å². The molecular weight excluding hydrogens is 534 g/mol. The highest BCUT2D eigenvalue weighted by Crippen LogP contribution is 2.67. The molecule has 0 N–H and O–H groups in total. The fourth-order valence-corrected chi connectivity index (χ4v) is 7.33. The lowest BCUT2D eigenvalue weighted by atomic mass is 9.69. The van der Waals surface area contributed by atoms with Crippen LogP contribution in [0, 0.1) is 5.41 Å². The summed E-state index contributed by atoms with van der Waals surface area (Å²) in [4.78, 5) is 29.7. The van der Waals surface area contributed by atoms with E-state index in [1.54, 1.807) is 7.11 Å². The van der Waals surface area contributed by atoms with Crippen molar-refractivity contribution in [3.8, 4) is 5.75 Å². The Morgan fingerprint density at radius 1 is 0.919 bits per heavy atom. The third-order valence-electron chi connectivity index (χ3n) is 8.26. The van der Waals surface area contributed by atoms with E-state index in [9.17, 15) is 9.59 Å². The SMILES string of the molecule is COC(=O)C1(C(=O)OC)C[C@@H](c2ccc(OC)cc2)[C@@]2(C)c3cccc(Br)c3N(Cc3ccccc3)[C@@H]12. The molecule has 1 fully saturated rings. The van der Waals surface area contributed by atoms with Gasteiger partial charge in [-0.25, -0.2) is 0 Å². The van der Waals surface area contributed by atoms with Crippen molar-refractivity contribution in [2.24, 2.45) is 5.41 Å². The van der Waals surface area contributed by atoms with Crippen LogP contribution in [0.1, 0.15) is 36.0 Å². The van der Waals surface area contributed by atoms with Gasteiger partial charge in [0, 0.05) is 16.4 Å². The molecule has 0 bridgehead atoms. The number of carbonyl (C=O) groups excluding carboxylic acids is 2. The van der Waals surface area contributed by atoms with Crippen LogP contribution < -0.4 is 9.64 Å². The van der Waals surface area contributed by atoms with Gasteiger partial charge in [0.2, 0.25) is 0 Å². The lowest BCUT2D eigenvalue weighted by Gasteiger charge is -2.40. The molecule has 0 spiro atoms. The number of esters is 2. The second kappa shape index (κ2) is 9.53. The van der Waals surface area contributed by atoms with Crippen LogP contribution in [0.25, 0.3) is 0 Å². The van der Waals surface area contributed by atoms with Gasteiger partial charge >= 0.3 is 11.9 Å². The van der Waals surface area contributed by atoms with Crippen molar-refractivity contribution in [2.75, 3.05) is 26.2 Å². The first-order chi connectivity index (χ1) is 17.8. The first-order valence-corrected chi connectivity index (χ1v) is 13.0. The van der Waals surface area contributed by atoms with Crippen molar-refractivity contribution in [2.45, 2.75) is 37.3 Å². The fourth-order valence-electron chi connectivity index (χ4n) is 6.73. The number of hydrogen-bond donors (Lipinski definition) is 0. The van der Waals surface area contributed by atoms with Gasteiger partial charge in [-0.05, 0) is 63.2 Å². The standard InChI is InChI=1S/C30H30BrNO5/c1-29-22-11-8-12-24(31)25(22)32(18-19-9-6-5-7-10-19)26(29)30(27(33)36-3,28(34)37-4)17-23(29)20-13-15-21(35-2)16-14-20/h5-16,23,26H,17-18H2,1-4H3/t23-,26+,29+/m0/s1. The average Bonchev–Trinajstić information content (AvgIpc) is 3.36. The summed E-state index contributed by atoms with van der Waals surface area (Å²) in [5.74, 6) is -0.575. The Morgan fingerprint density at radius 2 is 1.57 bits per heavy atom. The average molecular weight is 564 g/mol. The second-order valence-corrected chi connectivity index (χ2v) is 10.8. The van der Waals surface area contributed by atoms with Crippen molar-refractivity contribution in [3.63, 3.8) is 0 Å². The molecule has 0 unspecified atom stereocenters. The van der Waals surface area contributed by atoms with Crippen LogP contribution in [0.2, 0.25) is 0 Å². The molecule has 6 nitrogen and oxygen atoms in total. The molecule has 7 heteroatoms. The van der Waals surface area contributed by atoms with Crippen LogP contribution in [0.4, 0.5) is 5.69 Å². The molecule has 37 heavy (non-hydrogen) atoms. The molecule has 5 rings (SSSR count). The lowest BCUT2D eigenvalue weighted by molar-refractivity contribution is -0.170. The zero-order valence-corrected chi connectivity index (χ0v) is 22.9. The normalized spacial score (nSPS) is 23.2. The molecule has 2 aliphatic rings. The Kier molecular flexibility index (Phi) is 6.52. The quantitative estimate of drug-likeness (QED) is 0.286. The number of carbonyl (C=O) groups is 2. The van der Waals surface area contributed by atoms with Gasteiger partial charge in [0.15, 0.2) is 5.41 Å². The molecule has 192 valence electrons. The summed E-state index contributed by atoms with van der Waals surface area (Å²) < 4.78 is 17.0. The molecule has 1 heterocycles. The van der Waals surface area contributed by atoms with Crippen molar-refractivity contribution < 1.29 is 23.8 Å². The van der Waals surface area contributed by atoms with Gasteiger partial charge in [0.05, 0.1) is 33.1 Å². The van der Waals surface area contributed by atoms with E-state index < -0.39 is 28.8 Å². The molecular formula is C30H30BrNO5. The Labute approximate surface area is 225 Å². The first-order valence-electron chi connectivity index (χ1n) is 12.2. The fraction of sp³-hybridized carbons (Fsp3) is 0.333. The zero-order valence-electron chi connectivity index (χ0n) is 21.4. The summed E-state index contributed by atoms with van der Waals surface area (Å²) >= 11 is 3.78. The molecule has 0 radical (unpaired) electrons. The number of hydrogen-bond acceptors (Lipinski definition) is 6. The van der Waals surface area contributed by atoms with Crippen LogP contribution in [-0.2, 0) is 31.0 Å². The largest absolute Gasteiger partial charge is 0.497 e. The van der Waals surface area contributed by atoms with Gasteiger partial charge in [0.25, 0.3) is 0 Å². The van der Waals surface area contributed by atoms with Gasteiger partial charge in [-0.15, -0.1) is 0 Å². The number of methoxy groups -OCH3 is 3. The zero-order chi connectivity index (χ0) is 26.4. The summed E-state index contributed by atoms with van der Waals surface area (Å²) in [6.07, 6.45) is 0.261. The van der Waals surface area contributed by atoms with Gasteiger partial charge in [0.1, 0.15) is 5.75 Å². The topological polar surface area (TPSA) is 65.1 Å². The van der Waals surface area contributed by atoms with E-state index in [0.717, 1.165) is 32.6 Å². The third kappa shape index (κ3) is 3.66. The van der Waals surface area contributed by atoms with Crippen LogP contribution >= 0.6 is 15.9 Å². The second-order valence-electron chi connectivity index (χ2n) is 9.92. The number of nitrogens with zero attached hydrogens (tertiary/aromatic N) is 1. The molecule has 0 aromatic heterocycles. The molecule has 0 saturated heterocycles. The van der Waals surface area contributed by atoms with E-state index in [0.29, 0.717) is 6.54 Å². The minimum Gasteiger partial charge on any atom is -0.497 e. The number of fused-ring (bicyclic) bond motifs is 3. The highest BCUT2D eigenvalue weighted by atomic mass is 79.9. The number of rotatable bonds is 6. The highest BCUT2D eigenvalue weighted by Gasteiger charge is 2.73. The smallest absolute Gasteiger partial charge is 0.325 e. The monoisotopic (exact) mass is 563 g/mol. The first kappa shape index (κ1) is 25.3. The van der Waals surface area contributed by atoms with Crippen LogP contribution in [0.5, 0.6) is 5.75 Å². The number of anilines is 1. The molecule has 3 aromatic rings. The molecule has 0 amide bonds. The Balaban J connectivity index is 1.79. The van der Waals surface area contributed by atoms with E-state index in [2.05, 4.69) is 46.0 Å². The Morgan fingerprint density at radius 3 is 2.16 bits per heavy atom. The minimum atomic E-state index is -1.53.